The maximum Gasteiger partial charge on any atom is 0.170 e. The highest BCUT2D eigenvalue weighted by Crippen LogP contribution is 2.31. The average Bonchev–Trinajstić information content (AvgIpc) is 2.65. The molecule has 0 amide bonds. The SMILES string of the molecule is Cc1c(OCc2cnc(Br)cn2)ccc(C(=O)Cc2ccccc2)c1O. The highest BCUT2D eigenvalue weighted by Gasteiger charge is 2.16. The topological polar surface area (TPSA) is 72.3 Å². The number of aromatic hydroxyl groups is 1. The molecule has 0 unspecified atom stereocenters. The lowest BCUT2D eigenvalue weighted by atomic mass is 10.00. The van der Waals surface area contributed by atoms with E-state index >= 15 is 0 Å². The second-order valence-electron chi connectivity index (χ2n) is 5.79. The van der Waals surface area contributed by atoms with Crippen molar-refractivity contribution in [2.24, 2.45) is 0 Å². The van der Waals surface area contributed by atoms with E-state index in [9.17, 15) is 9.90 Å². The van der Waals surface area contributed by atoms with Gasteiger partial charge >= 0.3 is 0 Å². The molecular formula is C20H17BrN2O3. The van der Waals surface area contributed by atoms with Gasteiger partial charge in [-0.3, -0.25) is 9.78 Å². The monoisotopic (exact) mass is 412 g/mol. The van der Waals surface area contributed by atoms with E-state index in [0.717, 1.165) is 5.56 Å². The number of phenols is 1. The lowest BCUT2D eigenvalue weighted by molar-refractivity contribution is 0.0990. The Morgan fingerprint density at radius 1 is 1.12 bits per heavy atom. The number of hydrogen-bond donors (Lipinski definition) is 1. The van der Waals surface area contributed by atoms with E-state index in [1.165, 1.54) is 0 Å². The normalized spacial score (nSPS) is 10.5. The van der Waals surface area contributed by atoms with E-state index in [-0.39, 0.29) is 24.6 Å². The van der Waals surface area contributed by atoms with Crippen LogP contribution in [0.15, 0.2) is 59.5 Å². The van der Waals surface area contributed by atoms with Gasteiger partial charge in [-0.05, 0) is 40.5 Å². The number of hydrogen-bond acceptors (Lipinski definition) is 5. The number of phenolic OH excluding ortho intramolecular Hbond substituents is 1. The van der Waals surface area contributed by atoms with Gasteiger partial charge in [-0.15, -0.1) is 0 Å². The molecule has 3 rings (SSSR count). The molecule has 0 aliphatic heterocycles. The number of nitrogens with zero attached hydrogens (tertiary/aromatic N) is 2. The Bertz CT molecular complexity index is 912. The van der Waals surface area contributed by atoms with Crippen LogP contribution in [-0.2, 0) is 13.0 Å². The molecule has 0 bridgehead atoms. The maximum atomic E-state index is 12.5. The fourth-order valence-electron chi connectivity index (χ4n) is 2.50. The van der Waals surface area contributed by atoms with E-state index < -0.39 is 0 Å². The van der Waals surface area contributed by atoms with Gasteiger partial charge < -0.3 is 9.84 Å². The largest absolute Gasteiger partial charge is 0.507 e. The van der Waals surface area contributed by atoms with Gasteiger partial charge in [-0.25, -0.2) is 4.98 Å². The Morgan fingerprint density at radius 2 is 1.88 bits per heavy atom. The van der Waals surface area contributed by atoms with Crippen LogP contribution in [0.3, 0.4) is 0 Å². The standard InChI is InChI=1S/C20H17BrN2O3/c1-13-18(26-12-15-10-23-19(21)11-22-15)8-7-16(20(13)25)17(24)9-14-5-3-2-4-6-14/h2-8,10-11,25H,9,12H2,1H3. The molecule has 1 N–H and O–H groups in total. The summed E-state index contributed by atoms with van der Waals surface area (Å²) >= 11 is 3.23. The molecule has 0 spiro atoms. The summed E-state index contributed by atoms with van der Waals surface area (Å²) in [7, 11) is 0. The number of benzene rings is 2. The number of Topliss-reactive ketones (excluding diaryl/α,β-unsaturated/α-hetero) is 1. The van der Waals surface area contributed by atoms with Crippen LogP contribution in [0.5, 0.6) is 11.5 Å². The molecule has 0 atom stereocenters. The number of carbonyl (C=O) groups is 1. The number of rotatable bonds is 6. The summed E-state index contributed by atoms with van der Waals surface area (Å²) < 4.78 is 6.36. The quantitative estimate of drug-likeness (QED) is 0.612. The van der Waals surface area contributed by atoms with Gasteiger partial charge in [0.15, 0.2) is 5.78 Å². The van der Waals surface area contributed by atoms with Crippen molar-refractivity contribution < 1.29 is 14.6 Å². The van der Waals surface area contributed by atoms with E-state index in [1.54, 1.807) is 31.5 Å². The molecule has 0 saturated carbocycles. The number of ether oxygens (including phenoxy) is 1. The van der Waals surface area contributed by atoms with Crippen molar-refractivity contribution in [3.8, 4) is 11.5 Å². The summed E-state index contributed by atoms with van der Waals surface area (Å²) in [4.78, 5) is 20.8. The average molecular weight is 413 g/mol. The molecule has 0 radical (unpaired) electrons. The van der Waals surface area contributed by atoms with E-state index in [0.29, 0.717) is 27.2 Å². The number of carbonyl (C=O) groups excluding carboxylic acids is 1. The first-order valence-electron chi connectivity index (χ1n) is 8.03. The van der Waals surface area contributed by atoms with E-state index in [1.807, 2.05) is 30.3 Å². The first-order chi connectivity index (χ1) is 12.5. The van der Waals surface area contributed by atoms with Crippen molar-refractivity contribution in [2.45, 2.75) is 20.0 Å². The van der Waals surface area contributed by atoms with E-state index in [4.69, 9.17) is 4.74 Å². The van der Waals surface area contributed by atoms with Crippen molar-refractivity contribution in [1.82, 2.24) is 9.97 Å². The molecule has 6 heteroatoms. The molecule has 0 aliphatic rings. The zero-order valence-electron chi connectivity index (χ0n) is 14.1. The second kappa shape index (κ2) is 8.10. The summed E-state index contributed by atoms with van der Waals surface area (Å²) in [5, 5.41) is 10.4. The van der Waals surface area contributed by atoms with Crippen LogP contribution in [0.4, 0.5) is 0 Å². The molecule has 0 aliphatic carbocycles. The van der Waals surface area contributed by atoms with Crippen LogP contribution in [0.2, 0.25) is 0 Å². The molecule has 3 aromatic rings. The maximum absolute atomic E-state index is 12.5. The Kier molecular flexibility index (Phi) is 5.63. The zero-order valence-corrected chi connectivity index (χ0v) is 15.7. The van der Waals surface area contributed by atoms with Crippen LogP contribution in [0, 0.1) is 6.92 Å². The van der Waals surface area contributed by atoms with Gasteiger partial charge in [0.25, 0.3) is 0 Å². The van der Waals surface area contributed by atoms with Gasteiger partial charge in [0.05, 0.1) is 23.7 Å². The lowest BCUT2D eigenvalue weighted by Crippen LogP contribution is -2.06. The fraction of sp³-hybridized carbons (Fsp3) is 0.150. The molecule has 2 aromatic carbocycles. The third-order valence-corrected chi connectivity index (χ3v) is 4.35. The predicted molar refractivity (Wildman–Crippen MR) is 101 cm³/mol. The highest BCUT2D eigenvalue weighted by molar-refractivity contribution is 9.10. The van der Waals surface area contributed by atoms with Crippen molar-refractivity contribution in [1.29, 1.82) is 0 Å². The number of halogens is 1. The highest BCUT2D eigenvalue weighted by atomic mass is 79.9. The van der Waals surface area contributed by atoms with Crippen molar-refractivity contribution in [3.63, 3.8) is 0 Å². The number of aromatic nitrogens is 2. The van der Waals surface area contributed by atoms with Crippen LogP contribution < -0.4 is 4.74 Å². The van der Waals surface area contributed by atoms with Crippen molar-refractivity contribution in [3.05, 3.63) is 81.8 Å². The molecule has 132 valence electrons. The van der Waals surface area contributed by atoms with E-state index in [2.05, 4.69) is 25.9 Å². The summed E-state index contributed by atoms with van der Waals surface area (Å²) in [6.45, 7) is 1.94. The summed E-state index contributed by atoms with van der Waals surface area (Å²) in [6.07, 6.45) is 3.44. The Hall–Kier alpha value is -2.73. The third kappa shape index (κ3) is 4.26. The summed E-state index contributed by atoms with van der Waals surface area (Å²) in [6, 6.07) is 12.7. The lowest BCUT2D eigenvalue weighted by Gasteiger charge is -2.12. The van der Waals surface area contributed by atoms with Gasteiger partial charge in [0.2, 0.25) is 0 Å². The Labute approximate surface area is 159 Å². The third-order valence-electron chi connectivity index (χ3n) is 3.94. The fourth-order valence-corrected chi connectivity index (χ4v) is 2.71. The molecular weight excluding hydrogens is 396 g/mol. The zero-order chi connectivity index (χ0) is 18.5. The number of ketones is 1. The summed E-state index contributed by atoms with van der Waals surface area (Å²) in [5.74, 6) is 0.316. The molecule has 26 heavy (non-hydrogen) atoms. The molecule has 0 fully saturated rings. The second-order valence-corrected chi connectivity index (χ2v) is 6.60. The minimum Gasteiger partial charge on any atom is -0.507 e. The predicted octanol–water partition coefficient (Wildman–Crippen LogP) is 4.26. The van der Waals surface area contributed by atoms with Gasteiger partial charge in [0.1, 0.15) is 22.7 Å². The molecule has 1 heterocycles. The smallest absolute Gasteiger partial charge is 0.170 e. The van der Waals surface area contributed by atoms with Gasteiger partial charge in [-0.2, -0.15) is 0 Å². The minimum absolute atomic E-state index is 0.0506. The van der Waals surface area contributed by atoms with Crippen LogP contribution >= 0.6 is 15.9 Å². The van der Waals surface area contributed by atoms with Crippen LogP contribution in [0.1, 0.15) is 27.2 Å². The van der Waals surface area contributed by atoms with Gasteiger partial charge in [0, 0.05) is 12.0 Å². The first kappa shape index (κ1) is 18.1. The first-order valence-corrected chi connectivity index (χ1v) is 8.83. The van der Waals surface area contributed by atoms with Crippen molar-refractivity contribution in [2.75, 3.05) is 0 Å². The molecule has 0 saturated heterocycles. The Morgan fingerprint density at radius 3 is 2.58 bits per heavy atom. The van der Waals surface area contributed by atoms with Crippen LogP contribution in [-0.4, -0.2) is 20.9 Å². The summed E-state index contributed by atoms with van der Waals surface area (Å²) in [5.41, 5.74) is 2.39. The minimum atomic E-state index is -0.137. The molecule has 1 aromatic heterocycles. The molecule has 5 nitrogen and oxygen atoms in total. The van der Waals surface area contributed by atoms with Gasteiger partial charge in [-0.1, -0.05) is 30.3 Å². The Balaban J connectivity index is 1.73. The van der Waals surface area contributed by atoms with Crippen molar-refractivity contribution >= 4 is 21.7 Å². The van der Waals surface area contributed by atoms with Crippen LogP contribution in [0.25, 0.3) is 0 Å².